The Kier molecular flexibility index (Phi) is 4.71. The van der Waals surface area contributed by atoms with Gasteiger partial charge < -0.3 is 0 Å². The minimum absolute atomic E-state index is 0.248. The second-order valence-corrected chi connectivity index (χ2v) is 11.7. The van der Waals surface area contributed by atoms with Crippen LogP contribution in [0.3, 0.4) is 0 Å². The van der Waals surface area contributed by atoms with Crippen molar-refractivity contribution in [1.82, 2.24) is 5.32 Å². The van der Waals surface area contributed by atoms with Crippen LogP contribution in [0.2, 0.25) is 10.4 Å². The van der Waals surface area contributed by atoms with Crippen molar-refractivity contribution in [3.63, 3.8) is 0 Å². The van der Waals surface area contributed by atoms with E-state index in [0.29, 0.717) is 5.56 Å². The molecule has 0 saturated carbocycles. The molecule has 1 aromatic carbocycles. The zero-order valence-electron chi connectivity index (χ0n) is 12.8. The summed E-state index contributed by atoms with van der Waals surface area (Å²) in [6.45, 7) is 0. The van der Waals surface area contributed by atoms with Crippen molar-refractivity contribution in [3.8, 4) is 0 Å². The Balaban J connectivity index is 1.59. The average molecular weight is 349 g/mol. The van der Waals surface area contributed by atoms with E-state index in [1.54, 1.807) is 0 Å². The molecule has 3 atom stereocenters. The summed E-state index contributed by atoms with van der Waals surface area (Å²) in [5.41, 5.74) is 4.56. The number of carbonyl (C=O) groups is 1. The number of rotatable bonds is 4. The second-order valence-electron chi connectivity index (χ2n) is 6.37. The van der Waals surface area contributed by atoms with Crippen molar-refractivity contribution in [3.05, 3.63) is 35.4 Å². The van der Waals surface area contributed by atoms with E-state index in [0.717, 1.165) is 16.8 Å². The fourth-order valence-corrected chi connectivity index (χ4v) is 8.44. The molecule has 2 bridgehead atoms. The predicted octanol–water partition coefficient (Wildman–Crippen LogP) is 2.96. The molecule has 0 amide bonds. The van der Waals surface area contributed by atoms with Crippen molar-refractivity contribution < 1.29 is 9.53 Å². The number of carbonyl (C=O) groups excluding carboxylic acids is 1. The van der Waals surface area contributed by atoms with E-state index in [9.17, 15) is 4.79 Å². The Labute approximate surface area is 131 Å². The predicted molar refractivity (Wildman–Crippen MR) is 86.0 cm³/mol. The molecule has 2 heterocycles. The number of hydrogen-bond donors (Lipinski definition) is 1. The molecule has 3 rings (SSSR count). The number of ether oxygens (including phenoxy) is 1. The van der Waals surface area contributed by atoms with E-state index in [1.807, 2.05) is 12.1 Å². The summed E-state index contributed by atoms with van der Waals surface area (Å²) in [5.74, 6) is -0.248. The van der Waals surface area contributed by atoms with Crippen LogP contribution in [-0.4, -0.2) is 39.8 Å². The molecule has 4 heteroatoms. The van der Waals surface area contributed by atoms with E-state index in [1.165, 1.54) is 43.6 Å². The third-order valence-electron chi connectivity index (χ3n) is 4.88. The second kappa shape index (κ2) is 6.54. The number of esters is 1. The van der Waals surface area contributed by atoms with Gasteiger partial charge in [-0.05, 0) is 0 Å². The Morgan fingerprint density at radius 2 is 1.86 bits per heavy atom. The Morgan fingerprint density at radius 3 is 2.43 bits per heavy atom. The first-order valence-electron chi connectivity index (χ1n) is 7.79. The summed E-state index contributed by atoms with van der Waals surface area (Å²) >= 11 is -0.824. The maximum atomic E-state index is 11.5. The third kappa shape index (κ3) is 3.52. The van der Waals surface area contributed by atoms with Crippen LogP contribution in [0.5, 0.6) is 0 Å². The van der Waals surface area contributed by atoms with Crippen molar-refractivity contribution in [1.29, 1.82) is 0 Å². The molecule has 1 aromatic rings. The molecule has 0 spiro atoms. The summed E-state index contributed by atoms with van der Waals surface area (Å²) in [7, 11) is 1.43. The van der Waals surface area contributed by atoms with Crippen molar-refractivity contribution in [2.24, 2.45) is 0 Å². The molecule has 1 N–H and O–H groups in total. The quantitative estimate of drug-likeness (QED) is 0.671. The van der Waals surface area contributed by atoms with Crippen LogP contribution in [0.4, 0.5) is 0 Å². The van der Waals surface area contributed by atoms with Crippen molar-refractivity contribution >= 4 is 20.6 Å². The van der Waals surface area contributed by atoms with Gasteiger partial charge in [-0.15, -0.1) is 0 Å². The molecule has 2 saturated heterocycles. The van der Waals surface area contributed by atoms with Gasteiger partial charge in [0.05, 0.1) is 0 Å². The van der Waals surface area contributed by atoms with E-state index in [4.69, 9.17) is 4.74 Å². The molecule has 3 unspecified atom stereocenters. The number of benzene rings is 1. The Bertz CT molecular complexity index is 490. The van der Waals surface area contributed by atoms with Gasteiger partial charge in [-0.25, -0.2) is 0 Å². The van der Waals surface area contributed by atoms with E-state index < -0.39 is 14.7 Å². The first kappa shape index (κ1) is 15.1. The molecule has 2 aliphatic heterocycles. The van der Waals surface area contributed by atoms with Gasteiger partial charge in [-0.1, -0.05) is 0 Å². The maximum absolute atomic E-state index is 11.5. The van der Waals surface area contributed by atoms with Gasteiger partial charge in [-0.2, -0.15) is 0 Å². The molecule has 114 valence electrons. The monoisotopic (exact) mass is 349 g/mol. The van der Waals surface area contributed by atoms with Crippen LogP contribution in [0.15, 0.2) is 24.3 Å². The third-order valence-corrected chi connectivity index (χ3v) is 10.2. The van der Waals surface area contributed by atoms with Gasteiger partial charge in [-0.3, -0.25) is 0 Å². The first-order valence-corrected chi connectivity index (χ1v) is 12.1. The molecule has 0 aliphatic carbocycles. The average Bonchev–Trinajstić information content (AvgIpc) is 2.85. The van der Waals surface area contributed by atoms with E-state index in [-0.39, 0.29) is 5.97 Å². The topological polar surface area (TPSA) is 38.3 Å². The van der Waals surface area contributed by atoms with Gasteiger partial charge in [0.25, 0.3) is 0 Å². The van der Waals surface area contributed by atoms with Crippen molar-refractivity contribution in [2.45, 2.75) is 53.4 Å². The van der Waals surface area contributed by atoms with Crippen LogP contribution in [-0.2, 0) is 9.95 Å². The Hall–Kier alpha value is -0.792. The fourth-order valence-electron chi connectivity index (χ4n) is 3.67. The van der Waals surface area contributed by atoms with Crippen LogP contribution < -0.4 is 5.32 Å². The van der Waals surface area contributed by atoms with E-state index >= 15 is 0 Å². The van der Waals surface area contributed by atoms with Gasteiger partial charge >= 0.3 is 131 Å². The first-order chi connectivity index (χ1) is 10.2. The minimum atomic E-state index is -0.824. The number of fused-ring (bicyclic) bond motifs is 2. The summed E-state index contributed by atoms with van der Waals surface area (Å²) < 4.78 is 5.73. The van der Waals surface area contributed by atoms with Crippen LogP contribution in [0.1, 0.15) is 41.6 Å². The van der Waals surface area contributed by atoms with Gasteiger partial charge in [0.15, 0.2) is 0 Å². The summed E-state index contributed by atoms with van der Waals surface area (Å²) in [6, 6.07) is 9.60. The standard InChI is InChI=1S/C17H24AsNO2/c1-18(14-9-15-7-8-16(10-14)19-15)11-12-3-5-13(6-4-12)17(20)21-2/h3-6,14-16,19H,7-11H2,1-2H3. The molecule has 3 nitrogen and oxygen atoms in total. The SMILES string of the molecule is COC(=O)c1ccc(C[As](C)C2CC3CCC(C2)N3)cc1. The molecule has 21 heavy (non-hydrogen) atoms. The fraction of sp³-hybridized carbons (Fsp3) is 0.588. The summed E-state index contributed by atoms with van der Waals surface area (Å²) in [5, 5.41) is 4.99. The van der Waals surface area contributed by atoms with Crippen LogP contribution in [0, 0.1) is 0 Å². The zero-order valence-corrected chi connectivity index (χ0v) is 14.7. The van der Waals surface area contributed by atoms with Crippen molar-refractivity contribution in [2.75, 3.05) is 7.11 Å². The summed E-state index contributed by atoms with van der Waals surface area (Å²) in [4.78, 5) is 11.5. The molecule has 2 fully saturated rings. The van der Waals surface area contributed by atoms with Gasteiger partial charge in [0, 0.05) is 0 Å². The molecule has 2 aliphatic rings. The Morgan fingerprint density at radius 1 is 1.24 bits per heavy atom. The van der Waals surface area contributed by atoms with Crippen LogP contribution in [0.25, 0.3) is 0 Å². The molecule has 0 aromatic heterocycles. The summed E-state index contributed by atoms with van der Waals surface area (Å²) in [6.07, 6.45) is 5.56. The van der Waals surface area contributed by atoms with E-state index in [2.05, 4.69) is 23.2 Å². The molecular weight excluding hydrogens is 325 g/mol. The molecule has 0 radical (unpaired) electrons. The molecular formula is C17H24AsNO2. The number of nitrogens with one attached hydrogen (secondary N) is 1. The van der Waals surface area contributed by atoms with Gasteiger partial charge in [0.1, 0.15) is 0 Å². The number of methoxy groups -OCH3 is 1. The number of piperidine rings is 1. The van der Waals surface area contributed by atoms with Gasteiger partial charge in [0.2, 0.25) is 0 Å². The van der Waals surface area contributed by atoms with Crippen LogP contribution >= 0.6 is 0 Å². The number of hydrogen-bond acceptors (Lipinski definition) is 3. The normalized spacial score (nSPS) is 29.1. The zero-order chi connectivity index (χ0) is 14.8.